The molecule has 2 N–H and O–H groups in total. The molecule has 0 aliphatic heterocycles. The van der Waals surface area contributed by atoms with Gasteiger partial charge < -0.3 is 5.73 Å². The van der Waals surface area contributed by atoms with Crippen molar-refractivity contribution in [3.63, 3.8) is 0 Å². The van der Waals surface area contributed by atoms with E-state index in [1.165, 1.54) is 0 Å². The molecular formula is C12H8Br2N4. The number of imidazole rings is 1. The molecule has 18 heavy (non-hydrogen) atoms. The molecule has 6 heteroatoms. The summed E-state index contributed by atoms with van der Waals surface area (Å²) in [6.45, 7) is 0. The van der Waals surface area contributed by atoms with E-state index in [4.69, 9.17) is 5.73 Å². The molecule has 0 saturated carbocycles. The van der Waals surface area contributed by atoms with Crippen LogP contribution in [0.4, 0.5) is 5.95 Å². The molecule has 0 fully saturated rings. The SMILES string of the molecule is Nc1nc2cnccc2n1-c1cc(Br)ccc1Br. The van der Waals surface area contributed by atoms with Crippen LogP contribution in [-0.2, 0) is 0 Å². The fourth-order valence-electron chi connectivity index (χ4n) is 1.86. The lowest BCUT2D eigenvalue weighted by Crippen LogP contribution is -2.01. The molecule has 0 unspecified atom stereocenters. The number of halogens is 2. The van der Waals surface area contributed by atoms with Crippen molar-refractivity contribution >= 4 is 48.8 Å². The van der Waals surface area contributed by atoms with Crippen LogP contribution >= 0.6 is 31.9 Å². The summed E-state index contributed by atoms with van der Waals surface area (Å²) in [4.78, 5) is 8.35. The van der Waals surface area contributed by atoms with Crippen molar-refractivity contribution in [2.45, 2.75) is 0 Å². The summed E-state index contributed by atoms with van der Waals surface area (Å²) < 4.78 is 3.83. The summed E-state index contributed by atoms with van der Waals surface area (Å²) in [5.74, 6) is 0.441. The third-order valence-electron chi connectivity index (χ3n) is 2.63. The standard InChI is InChI=1S/C12H8Br2N4/c13-7-1-2-8(14)11(5-7)18-10-3-4-16-6-9(10)17-12(18)15/h1-6H,(H2,15,17). The van der Waals surface area contributed by atoms with Crippen LogP contribution in [0.2, 0.25) is 0 Å². The largest absolute Gasteiger partial charge is 0.369 e. The summed E-state index contributed by atoms with van der Waals surface area (Å²) >= 11 is 6.99. The maximum absolute atomic E-state index is 5.99. The van der Waals surface area contributed by atoms with Crippen molar-refractivity contribution in [2.75, 3.05) is 5.73 Å². The predicted octanol–water partition coefficient (Wildman–Crippen LogP) is 3.53. The van der Waals surface area contributed by atoms with Gasteiger partial charge in [0, 0.05) is 15.1 Å². The number of nitrogen functional groups attached to an aromatic ring is 1. The minimum absolute atomic E-state index is 0.441. The highest BCUT2D eigenvalue weighted by Gasteiger charge is 2.12. The van der Waals surface area contributed by atoms with E-state index in [0.717, 1.165) is 25.7 Å². The van der Waals surface area contributed by atoms with Gasteiger partial charge >= 0.3 is 0 Å². The zero-order valence-electron chi connectivity index (χ0n) is 9.14. The van der Waals surface area contributed by atoms with E-state index >= 15 is 0 Å². The van der Waals surface area contributed by atoms with Crippen LogP contribution in [0.1, 0.15) is 0 Å². The molecule has 0 saturated heterocycles. The highest BCUT2D eigenvalue weighted by molar-refractivity contribution is 9.11. The van der Waals surface area contributed by atoms with Gasteiger partial charge in [0.15, 0.2) is 0 Å². The molecule has 2 heterocycles. The number of rotatable bonds is 1. The minimum atomic E-state index is 0.441. The lowest BCUT2D eigenvalue weighted by atomic mass is 10.3. The zero-order chi connectivity index (χ0) is 12.7. The van der Waals surface area contributed by atoms with E-state index in [1.54, 1.807) is 12.4 Å². The van der Waals surface area contributed by atoms with Crippen LogP contribution < -0.4 is 5.73 Å². The van der Waals surface area contributed by atoms with E-state index in [9.17, 15) is 0 Å². The van der Waals surface area contributed by atoms with Crippen LogP contribution in [0.15, 0.2) is 45.6 Å². The summed E-state index contributed by atoms with van der Waals surface area (Å²) in [5.41, 5.74) is 8.64. The van der Waals surface area contributed by atoms with E-state index in [-0.39, 0.29) is 0 Å². The third-order valence-corrected chi connectivity index (χ3v) is 3.80. The molecule has 2 aromatic heterocycles. The molecule has 1 aromatic carbocycles. The van der Waals surface area contributed by atoms with E-state index in [2.05, 4.69) is 41.8 Å². The van der Waals surface area contributed by atoms with Crippen LogP contribution in [0.5, 0.6) is 0 Å². The smallest absolute Gasteiger partial charge is 0.206 e. The highest BCUT2D eigenvalue weighted by Crippen LogP contribution is 2.30. The van der Waals surface area contributed by atoms with Gasteiger partial charge in [0.25, 0.3) is 0 Å². The molecule has 4 nitrogen and oxygen atoms in total. The Kier molecular flexibility index (Phi) is 2.83. The van der Waals surface area contributed by atoms with Gasteiger partial charge in [-0.2, -0.15) is 0 Å². The number of benzene rings is 1. The molecule has 0 spiro atoms. The average molecular weight is 368 g/mol. The lowest BCUT2D eigenvalue weighted by molar-refractivity contribution is 1.10. The maximum atomic E-state index is 5.99. The summed E-state index contributed by atoms with van der Waals surface area (Å²) in [7, 11) is 0. The van der Waals surface area contributed by atoms with Crippen molar-refractivity contribution in [2.24, 2.45) is 0 Å². The summed E-state index contributed by atoms with van der Waals surface area (Å²) in [5, 5.41) is 0. The van der Waals surface area contributed by atoms with E-state index in [0.29, 0.717) is 5.95 Å². The van der Waals surface area contributed by atoms with Gasteiger partial charge in [-0.15, -0.1) is 0 Å². The Bertz CT molecular complexity index is 736. The first-order valence-electron chi connectivity index (χ1n) is 5.20. The number of nitrogens with two attached hydrogens (primary N) is 1. The second kappa shape index (κ2) is 4.37. The maximum Gasteiger partial charge on any atom is 0.206 e. The van der Waals surface area contributed by atoms with Crippen LogP contribution in [0.3, 0.4) is 0 Å². The number of nitrogens with zero attached hydrogens (tertiary/aromatic N) is 3. The Balaban J connectivity index is 2.37. The number of pyridine rings is 1. The third kappa shape index (κ3) is 1.81. The second-order valence-corrected chi connectivity index (χ2v) is 5.54. The van der Waals surface area contributed by atoms with E-state index < -0.39 is 0 Å². The summed E-state index contributed by atoms with van der Waals surface area (Å²) in [6.07, 6.45) is 3.43. The first kappa shape index (κ1) is 11.7. The summed E-state index contributed by atoms with van der Waals surface area (Å²) in [6, 6.07) is 7.81. The molecular weight excluding hydrogens is 360 g/mol. The van der Waals surface area contributed by atoms with Crippen molar-refractivity contribution in [3.8, 4) is 5.69 Å². The molecule has 0 amide bonds. The molecule has 0 bridgehead atoms. The normalized spacial score (nSPS) is 11.0. The fraction of sp³-hybridized carbons (Fsp3) is 0. The van der Waals surface area contributed by atoms with Gasteiger partial charge in [0.2, 0.25) is 5.95 Å². The van der Waals surface area contributed by atoms with Crippen molar-refractivity contribution in [1.29, 1.82) is 0 Å². The van der Waals surface area contributed by atoms with Gasteiger partial charge in [-0.05, 0) is 40.2 Å². The van der Waals surface area contributed by atoms with E-state index in [1.807, 2.05) is 28.8 Å². The zero-order valence-corrected chi connectivity index (χ0v) is 12.3. The van der Waals surface area contributed by atoms with Crippen LogP contribution in [0, 0.1) is 0 Å². The lowest BCUT2D eigenvalue weighted by Gasteiger charge is -2.09. The number of anilines is 1. The van der Waals surface area contributed by atoms with Crippen molar-refractivity contribution in [1.82, 2.24) is 14.5 Å². The predicted molar refractivity (Wildman–Crippen MR) is 78.7 cm³/mol. The van der Waals surface area contributed by atoms with Gasteiger partial charge in [0.1, 0.15) is 5.52 Å². The Morgan fingerprint density at radius 2 is 2.00 bits per heavy atom. The topological polar surface area (TPSA) is 56.7 Å². The molecule has 0 aliphatic rings. The quantitative estimate of drug-likeness (QED) is 0.715. The number of hydrogen-bond donors (Lipinski definition) is 1. The van der Waals surface area contributed by atoms with Crippen molar-refractivity contribution < 1.29 is 0 Å². The van der Waals surface area contributed by atoms with Crippen LogP contribution in [-0.4, -0.2) is 14.5 Å². The Morgan fingerprint density at radius 3 is 2.83 bits per heavy atom. The molecule has 0 aliphatic carbocycles. The fourth-order valence-corrected chi connectivity index (χ4v) is 2.63. The van der Waals surface area contributed by atoms with Crippen LogP contribution in [0.25, 0.3) is 16.7 Å². The molecule has 3 aromatic rings. The first-order chi connectivity index (χ1) is 8.66. The molecule has 0 radical (unpaired) electrons. The van der Waals surface area contributed by atoms with Gasteiger partial charge in [-0.1, -0.05) is 15.9 Å². The Morgan fingerprint density at radius 1 is 1.17 bits per heavy atom. The number of hydrogen-bond acceptors (Lipinski definition) is 3. The molecule has 90 valence electrons. The number of aromatic nitrogens is 3. The second-order valence-electron chi connectivity index (χ2n) is 3.77. The Hall–Kier alpha value is -1.40. The molecule has 3 rings (SSSR count). The first-order valence-corrected chi connectivity index (χ1v) is 6.79. The molecule has 0 atom stereocenters. The van der Waals surface area contributed by atoms with Crippen molar-refractivity contribution in [3.05, 3.63) is 45.6 Å². The van der Waals surface area contributed by atoms with Gasteiger partial charge in [-0.3, -0.25) is 9.55 Å². The average Bonchev–Trinajstić information content (AvgIpc) is 2.68. The highest BCUT2D eigenvalue weighted by atomic mass is 79.9. The minimum Gasteiger partial charge on any atom is -0.369 e. The van der Waals surface area contributed by atoms with Gasteiger partial charge in [0.05, 0.1) is 17.4 Å². The Labute approximate surface area is 120 Å². The van der Waals surface area contributed by atoms with Gasteiger partial charge in [-0.25, -0.2) is 4.98 Å². The number of fused-ring (bicyclic) bond motifs is 1. The monoisotopic (exact) mass is 366 g/mol.